The highest BCUT2D eigenvalue weighted by atomic mass is 35.5. The number of aromatic nitrogens is 6. The second-order valence-electron chi connectivity index (χ2n) is 5.53. The number of anilines is 2. The minimum absolute atomic E-state index is 0.511. The predicted octanol–water partition coefficient (Wildman–Crippen LogP) is 4.11. The van der Waals surface area contributed by atoms with Gasteiger partial charge in [0.25, 0.3) is 0 Å². The lowest BCUT2D eigenvalue weighted by Gasteiger charge is -2.04. The van der Waals surface area contributed by atoms with Gasteiger partial charge in [0, 0.05) is 13.2 Å². The monoisotopic (exact) mass is 373 g/mol. The molecule has 126 valence electrons. The average Bonchev–Trinajstić information content (AvgIpc) is 3.11. The Morgan fingerprint density at radius 3 is 2.60 bits per heavy atom. The summed E-state index contributed by atoms with van der Waals surface area (Å²) >= 11 is 12.6. The molecule has 0 spiro atoms. The van der Waals surface area contributed by atoms with Gasteiger partial charge < -0.3 is 10.3 Å². The Bertz CT molecular complexity index is 1060. The summed E-state index contributed by atoms with van der Waals surface area (Å²) < 4.78 is 1.73. The van der Waals surface area contributed by atoms with Gasteiger partial charge in [-0.15, -0.1) is 0 Å². The maximum absolute atomic E-state index is 6.28. The molecule has 0 aliphatic carbocycles. The van der Waals surface area contributed by atoms with Crippen molar-refractivity contribution in [3.63, 3.8) is 0 Å². The first-order valence-electron chi connectivity index (χ1n) is 7.45. The Labute approximate surface area is 153 Å². The third-order valence-electron chi connectivity index (χ3n) is 3.75. The fourth-order valence-corrected chi connectivity index (χ4v) is 3.19. The Hall–Kier alpha value is -2.64. The molecule has 0 saturated heterocycles. The molecule has 0 bridgehead atoms. The molecule has 0 amide bonds. The third-order valence-corrected chi connectivity index (χ3v) is 4.38. The van der Waals surface area contributed by atoms with Crippen molar-refractivity contribution in [1.82, 2.24) is 29.7 Å². The summed E-state index contributed by atoms with van der Waals surface area (Å²) in [7, 11) is 1.86. The van der Waals surface area contributed by atoms with E-state index >= 15 is 0 Å². The molecule has 7 nitrogen and oxygen atoms in total. The minimum atomic E-state index is 0.511. The molecule has 0 unspecified atom stereocenters. The number of aromatic amines is 1. The van der Waals surface area contributed by atoms with E-state index in [9.17, 15) is 0 Å². The summed E-state index contributed by atoms with van der Waals surface area (Å²) in [6, 6.07) is 5.31. The van der Waals surface area contributed by atoms with Crippen LogP contribution in [0.2, 0.25) is 10.0 Å². The maximum atomic E-state index is 6.28. The molecule has 1 aromatic carbocycles. The number of hydrogen-bond donors (Lipinski definition) is 2. The van der Waals surface area contributed by atoms with Gasteiger partial charge in [-0.25, -0.2) is 15.0 Å². The van der Waals surface area contributed by atoms with E-state index in [-0.39, 0.29) is 0 Å². The molecule has 0 aliphatic heterocycles. The molecule has 0 atom stereocenters. The highest BCUT2D eigenvalue weighted by molar-refractivity contribution is 6.39. The number of nitrogens with zero attached hydrogens (tertiary/aromatic N) is 5. The number of H-pyrrole nitrogens is 1. The van der Waals surface area contributed by atoms with E-state index in [2.05, 4.69) is 30.4 Å². The van der Waals surface area contributed by atoms with E-state index in [0.717, 1.165) is 11.4 Å². The molecule has 2 N–H and O–H groups in total. The lowest BCUT2D eigenvalue weighted by molar-refractivity contribution is 0.756. The largest absolute Gasteiger partial charge is 0.336 e. The van der Waals surface area contributed by atoms with E-state index in [1.807, 2.05) is 20.2 Å². The van der Waals surface area contributed by atoms with Gasteiger partial charge in [-0.3, -0.25) is 4.68 Å². The fourth-order valence-electron chi connectivity index (χ4n) is 2.62. The quantitative estimate of drug-likeness (QED) is 0.564. The highest BCUT2D eigenvalue weighted by Crippen LogP contribution is 2.34. The maximum Gasteiger partial charge on any atom is 0.183 e. The van der Waals surface area contributed by atoms with Crippen LogP contribution >= 0.6 is 23.2 Å². The lowest BCUT2D eigenvalue weighted by atomic mass is 10.2. The zero-order valence-electron chi connectivity index (χ0n) is 13.4. The summed E-state index contributed by atoms with van der Waals surface area (Å²) in [6.07, 6.45) is 3.33. The van der Waals surface area contributed by atoms with Crippen molar-refractivity contribution in [2.75, 3.05) is 5.32 Å². The summed E-state index contributed by atoms with van der Waals surface area (Å²) in [4.78, 5) is 16.2. The summed E-state index contributed by atoms with van der Waals surface area (Å²) in [5.41, 5.74) is 3.53. The van der Waals surface area contributed by atoms with Crippen LogP contribution in [0.15, 0.2) is 30.7 Å². The molecule has 4 rings (SSSR count). The van der Waals surface area contributed by atoms with Crippen LogP contribution in [0.3, 0.4) is 0 Å². The van der Waals surface area contributed by atoms with E-state index in [1.54, 1.807) is 22.9 Å². The van der Waals surface area contributed by atoms with Crippen molar-refractivity contribution in [1.29, 1.82) is 0 Å². The van der Waals surface area contributed by atoms with Gasteiger partial charge in [-0.1, -0.05) is 29.3 Å². The van der Waals surface area contributed by atoms with Crippen LogP contribution in [0.25, 0.3) is 22.6 Å². The molecular weight excluding hydrogens is 361 g/mol. The third kappa shape index (κ3) is 2.81. The zero-order chi connectivity index (χ0) is 17.6. The van der Waals surface area contributed by atoms with E-state index < -0.39 is 0 Å². The summed E-state index contributed by atoms with van der Waals surface area (Å²) in [6.45, 7) is 1.92. The molecule has 0 aliphatic rings. The molecule has 0 radical (unpaired) electrons. The van der Waals surface area contributed by atoms with Crippen molar-refractivity contribution >= 4 is 45.9 Å². The summed E-state index contributed by atoms with van der Waals surface area (Å²) in [5.74, 6) is 1.14. The number of aryl methyl sites for hydroxylation is 2. The van der Waals surface area contributed by atoms with Crippen molar-refractivity contribution < 1.29 is 0 Å². The zero-order valence-corrected chi connectivity index (χ0v) is 14.9. The first-order valence-corrected chi connectivity index (χ1v) is 8.21. The Morgan fingerprint density at radius 2 is 1.92 bits per heavy atom. The Kier molecular flexibility index (Phi) is 3.82. The first-order chi connectivity index (χ1) is 12.0. The van der Waals surface area contributed by atoms with Crippen LogP contribution in [-0.4, -0.2) is 29.7 Å². The van der Waals surface area contributed by atoms with Crippen LogP contribution in [0.4, 0.5) is 11.5 Å². The second kappa shape index (κ2) is 6.02. The van der Waals surface area contributed by atoms with Gasteiger partial charge in [0.05, 0.1) is 27.0 Å². The van der Waals surface area contributed by atoms with Crippen molar-refractivity contribution in [2.24, 2.45) is 7.05 Å². The van der Waals surface area contributed by atoms with Crippen LogP contribution in [-0.2, 0) is 7.05 Å². The lowest BCUT2D eigenvalue weighted by Crippen LogP contribution is -1.96. The van der Waals surface area contributed by atoms with Crippen LogP contribution in [0, 0.1) is 6.92 Å². The number of hydrogen-bond acceptors (Lipinski definition) is 5. The molecular formula is C16H13Cl2N7. The highest BCUT2D eigenvalue weighted by Gasteiger charge is 2.16. The number of rotatable bonds is 3. The fraction of sp³-hybridized carbons (Fsp3) is 0.125. The van der Waals surface area contributed by atoms with Gasteiger partial charge in [0.2, 0.25) is 0 Å². The second-order valence-corrected chi connectivity index (χ2v) is 6.34. The normalized spacial score (nSPS) is 11.2. The van der Waals surface area contributed by atoms with Crippen LogP contribution in [0.5, 0.6) is 0 Å². The molecule has 0 saturated carbocycles. The predicted molar refractivity (Wildman–Crippen MR) is 98.4 cm³/mol. The average molecular weight is 374 g/mol. The van der Waals surface area contributed by atoms with E-state index in [0.29, 0.717) is 38.4 Å². The van der Waals surface area contributed by atoms with Gasteiger partial charge in [0.15, 0.2) is 11.5 Å². The summed E-state index contributed by atoms with van der Waals surface area (Å²) in [5, 5.41) is 8.59. The van der Waals surface area contributed by atoms with Gasteiger partial charge in [-0.2, -0.15) is 5.10 Å². The van der Waals surface area contributed by atoms with Crippen molar-refractivity contribution in [3.8, 4) is 11.4 Å². The van der Waals surface area contributed by atoms with Crippen LogP contribution in [0.1, 0.15) is 5.69 Å². The van der Waals surface area contributed by atoms with Crippen molar-refractivity contribution in [3.05, 3.63) is 46.5 Å². The first kappa shape index (κ1) is 15.9. The van der Waals surface area contributed by atoms with E-state index in [4.69, 9.17) is 23.2 Å². The van der Waals surface area contributed by atoms with Gasteiger partial charge in [0.1, 0.15) is 17.7 Å². The standard InChI is InChI=1S/C16H13Cl2N7/c1-8-11(6-25(2)24-8)21-15-13-16(20-7-19-15)23-14(22-13)12-9(17)4-3-5-10(12)18/h3-7H,1-2H3,(H2,19,20,21,22,23). The number of halogens is 2. The Morgan fingerprint density at radius 1 is 1.16 bits per heavy atom. The van der Waals surface area contributed by atoms with Crippen molar-refractivity contribution in [2.45, 2.75) is 6.92 Å². The molecule has 3 aromatic heterocycles. The number of nitrogens with one attached hydrogen (secondary N) is 2. The SMILES string of the molecule is Cc1nn(C)cc1Nc1ncnc2nc(-c3c(Cl)cccc3Cl)[nH]c12. The molecule has 0 fully saturated rings. The Balaban J connectivity index is 1.83. The van der Waals surface area contributed by atoms with Gasteiger partial charge in [-0.05, 0) is 19.1 Å². The molecule has 4 aromatic rings. The molecule has 9 heteroatoms. The van der Waals surface area contributed by atoms with E-state index in [1.165, 1.54) is 6.33 Å². The minimum Gasteiger partial charge on any atom is -0.336 e. The smallest absolute Gasteiger partial charge is 0.183 e. The van der Waals surface area contributed by atoms with Gasteiger partial charge >= 0.3 is 0 Å². The number of fused-ring (bicyclic) bond motifs is 1. The van der Waals surface area contributed by atoms with Crippen LogP contribution < -0.4 is 5.32 Å². The number of imidazole rings is 1. The topological polar surface area (TPSA) is 84.3 Å². The molecule has 3 heterocycles. The molecule has 25 heavy (non-hydrogen) atoms. The number of benzene rings is 1.